The first-order chi connectivity index (χ1) is 26.7. The van der Waals surface area contributed by atoms with E-state index in [1.54, 1.807) is 0 Å². The molecule has 0 aliphatic rings. The number of para-hydroxylation sites is 3. The number of hydrogen-bond acceptors (Lipinski definition) is 4. The lowest BCUT2D eigenvalue weighted by atomic mass is 10.0. The average molecular weight is 697 g/mol. The number of aromatic nitrogens is 4. The van der Waals surface area contributed by atoms with Crippen LogP contribution in [0.25, 0.3) is 94.7 Å². The van der Waals surface area contributed by atoms with E-state index in [0.29, 0.717) is 17.5 Å². The molecule has 0 aliphatic carbocycles. The van der Waals surface area contributed by atoms with Crippen molar-refractivity contribution in [2.75, 3.05) is 0 Å². The van der Waals surface area contributed by atoms with E-state index in [4.69, 9.17) is 19.4 Å². The van der Waals surface area contributed by atoms with Crippen LogP contribution in [-0.2, 0) is 6.42 Å². The zero-order valence-electron chi connectivity index (χ0n) is 29.9. The molecular weight excluding hydrogens is 661 g/mol. The van der Waals surface area contributed by atoms with E-state index < -0.39 is 0 Å². The second-order valence-corrected chi connectivity index (χ2v) is 13.9. The summed E-state index contributed by atoms with van der Waals surface area (Å²) in [5.74, 6) is 1.89. The Morgan fingerprint density at radius 2 is 1.07 bits per heavy atom. The van der Waals surface area contributed by atoms with Crippen molar-refractivity contribution in [1.82, 2.24) is 19.5 Å². The van der Waals surface area contributed by atoms with E-state index in [1.807, 2.05) is 18.2 Å². The van der Waals surface area contributed by atoms with Gasteiger partial charge in [-0.3, -0.25) is 0 Å². The van der Waals surface area contributed by atoms with Crippen LogP contribution < -0.4 is 0 Å². The van der Waals surface area contributed by atoms with Gasteiger partial charge >= 0.3 is 0 Å². The summed E-state index contributed by atoms with van der Waals surface area (Å²) in [7, 11) is 0. The van der Waals surface area contributed by atoms with Crippen molar-refractivity contribution in [3.05, 3.63) is 169 Å². The summed E-state index contributed by atoms with van der Waals surface area (Å²) in [6, 6.07) is 57.3. The Bertz CT molecular complexity index is 2960. The Labute approximate surface area is 313 Å². The molecule has 3 aromatic heterocycles. The fourth-order valence-corrected chi connectivity index (χ4v) is 7.70. The Kier molecular flexibility index (Phi) is 7.84. The topological polar surface area (TPSA) is 56.7 Å². The van der Waals surface area contributed by atoms with Crippen LogP contribution in [0.5, 0.6) is 0 Å². The van der Waals surface area contributed by atoms with Crippen molar-refractivity contribution in [1.29, 1.82) is 0 Å². The molecule has 0 unspecified atom stereocenters. The van der Waals surface area contributed by atoms with Gasteiger partial charge in [-0.25, -0.2) is 15.0 Å². The third kappa shape index (κ3) is 5.53. The number of benzene rings is 7. The van der Waals surface area contributed by atoms with E-state index in [9.17, 15) is 0 Å². The molecule has 0 spiro atoms. The minimum Gasteiger partial charge on any atom is -0.456 e. The molecule has 0 fully saturated rings. The maximum absolute atomic E-state index is 6.41. The van der Waals surface area contributed by atoms with Gasteiger partial charge < -0.3 is 8.98 Å². The summed E-state index contributed by atoms with van der Waals surface area (Å²) >= 11 is 0. The molecule has 7 aromatic carbocycles. The first-order valence-electron chi connectivity index (χ1n) is 18.7. The van der Waals surface area contributed by atoms with E-state index in [-0.39, 0.29) is 0 Å². The van der Waals surface area contributed by atoms with Crippen molar-refractivity contribution in [3.63, 3.8) is 0 Å². The summed E-state index contributed by atoms with van der Waals surface area (Å²) in [5.41, 5.74) is 11.3. The van der Waals surface area contributed by atoms with Gasteiger partial charge in [0.05, 0.1) is 16.7 Å². The minimum absolute atomic E-state index is 0.614. The molecule has 0 N–H and O–H groups in total. The number of nitrogens with zero attached hydrogens (tertiary/aromatic N) is 4. The zero-order valence-corrected chi connectivity index (χ0v) is 29.9. The molecule has 258 valence electrons. The maximum Gasteiger partial charge on any atom is 0.166 e. The summed E-state index contributed by atoms with van der Waals surface area (Å²) in [4.78, 5) is 15.5. The van der Waals surface area contributed by atoms with Crippen molar-refractivity contribution in [3.8, 4) is 51.0 Å². The van der Waals surface area contributed by atoms with Gasteiger partial charge in [0, 0.05) is 44.3 Å². The van der Waals surface area contributed by atoms with Gasteiger partial charge in [-0.1, -0.05) is 141 Å². The molecule has 0 amide bonds. The Hall–Kier alpha value is -6.85. The molecule has 5 nitrogen and oxygen atoms in total. The standard InChI is InChI=1S/C49H36N4O/c1-2-3-13-32-22-24-35(25-23-32)47-50-48(36-28-26-34(27-29-36)33-14-5-4-6-15-33)52-49(51-47)39-18-8-11-20-43(39)53-42-19-10-7-16-37(42)40-30-41-38-17-9-12-21-45(38)54-46(41)31-44(40)53/h4-12,14-31H,2-3,13H2,1H3. The van der Waals surface area contributed by atoms with Crippen LogP contribution in [0.1, 0.15) is 25.3 Å². The molecular formula is C49H36N4O. The Morgan fingerprint density at radius 1 is 0.463 bits per heavy atom. The fourth-order valence-electron chi connectivity index (χ4n) is 7.70. The molecule has 10 rings (SSSR count). The first-order valence-corrected chi connectivity index (χ1v) is 18.7. The van der Waals surface area contributed by atoms with E-state index in [1.165, 1.54) is 29.4 Å². The van der Waals surface area contributed by atoms with E-state index in [0.717, 1.165) is 72.7 Å². The lowest BCUT2D eigenvalue weighted by molar-refractivity contribution is 0.669. The molecule has 0 bridgehead atoms. The van der Waals surface area contributed by atoms with E-state index in [2.05, 4.69) is 157 Å². The average Bonchev–Trinajstić information content (AvgIpc) is 3.77. The number of aryl methyl sites for hydroxylation is 1. The normalized spacial score (nSPS) is 11.6. The first kappa shape index (κ1) is 31.9. The van der Waals surface area contributed by atoms with Crippen molar-refractivity contribution in [2.45, 2.75) is 26.2 Å². The monoisotopic (exact) mass is 696 g/mol. The smallest absolute Gasteiger partial charge is 0.166 e. The molecule has 5 heteroatoms. The number of unbranched alkanes of at least 4 members (excludes halogenated alkanes) is 1. The van der Waals surface area contributed by atoms with Crippen LogP contribution in [0, 0.1) is 0 Å². The van der Waals surface area contributed by atoms with Crippen molar-refractivity contribution in [2.24, 2.45) is 0 Å². The van der Waals surface area contributed by atoms with E-state index >= 15 is 0 Å². The van der Waals surface area contributed by atoms with Crippen LogP contribution in [0.2, 0.25) is 0 Å². The molecule has 0 aliphatic heterocycles. The number of fused-ring (bicyclic) bond motifs is 6. The molecule has 0 saturated heterocycles. The van der Waals surface area contributed by atoms with Crippen LogP contribution >= 0.6 is 0 Å². The third-order valence-electron chi connectivity index (χ3n) is 10.5. The third-order valence-corrected chi connectivity index (χ3v) is 10.5. The van der Waals surface area contributed by atoms with Crippen LogP contribution in [0.15, 0.2) is 168 Å². The van der Waals surface area contributed by atoms with Gasteiger partial charge in [-0.15, -0.1) is 0 Å². The van der Waals surface area contributed by atoms with Crippen LogP contribution in [0.4, 0.5) is 0 Å². The molecule has 54 heavy (non-hydrogen) atoms. The highest BCUT2D eigenvalue weighted by Gasteiger charge is 2.21. The highest BCUT2D eigenvalue weighted by atomic mass is 16.3. The molecule has 0 atom stereocenters. The maximum atomic E-state index is 6.41. The number of rotatable bonds is 8. The second-order valence-electron chi connectivity index (χ2n) is 13.9. The summed E-state index contributed by atoms with van der Waals surface area (Å²) in [5, 5.41) is 4.57. The lowest BCUT2D eigenvalue weighted by Gasteiger charge is -2.14. The van der Waals surface area contributed by atoms with Crippen LogP contribution in [0.3, 0.4) is 0 Å². The second kappa shape index (κ2) is 13.3. The SMILES string of the molecule is CCCCc1ccc(-c2nc(-c3ccc(-c4ccccc4)cc3)nc(-c3ccccc3-n3c4ccccc4c4cc5c(cc43)oc3ccccc35)n2)cc1. The highest BCUT2D eigenvalue weighted by Crippen LogP contribution is 2.40. The lowest BCUT2D eigenvalue weighted by Crippen LogP contribution is -2.03. The molecule has 10 aromatic rings. The van der Waals surface area contributed by atoms with Gasteiger partial charge in [0.25, 0.3) is 0 Å². The predicted molar refractivity (Wildman–Crippen MR) is 222 cm³/mol. The molecule has 0 saturated carbocycles. The van der Waals surface area contributed by atoms with Gasteiger partial charge in [0.15, 0.2) is 17.5 Å². The Morgan fingerprint density at radius 3 is 1.85 bits per heavy atom. The molecule has 0 radical (unpaired) electrons. The van der Waals surface area contributed by atoms with Crippen molar-refractivity contribution < 1.29 is 4.42 Å². The molecule has 3 heterocycles. The number of hydrogen-bond donors (Lipinski definition) is 0. The zero-order chi connectivity index (χ0) is 36.0. The highest BCUT2D eigenvalue weighted by molar-refractivity contribution is 6.17. The van der Waals surface area contributed by atoms with Gasteiger partial charge in [-0.2, -0.15) is 0 Å². The summed E-state index contributed by atoms with van der Waals surface area (Å²) in [6.45, 7) is 2.23. The van der Waals surface area contributed by atoms with Crippen molar-refractivity contribution >= 4 is 43.7 Å². The Balaban J connectivity index is 1.17. The van der Waals surface area contributed by atoms with Gasteiger partial charge in [-0.05, 0) is 59.9 Å². The fraction of sp³-hybridized carbons (Fsp3) is 0.0816. The van der Waals surface area contributed by atoms with Gasteiger partial charge in [0.1, 0.15) is 11.2 Å². The quantitative estimate of drug-likeness (QED) is 0.159. The summed E-state index contributed by atoms with van der Waals surface area (Å²) in [6.07, 6.45) is 3.39. The minimum atomic E-state index is 0.614. The van der Waals surface area contributed by atoms with Gasteiger partial charge in [0.2, 0.25) is 0 Å². The predicted octanol–water partition coefficient (Wildman–Crippen LogP) is 12.9. The number of furan rings is 1. The summed E-state index contributed by atoms with van der Waals surface area (Å²) < 4.78 is 8.74. The van der Waals surface area contributed by atoms with Crippen LogP contribution in [-0.4, -0.2) is 19.5 Å². The largest absolute Gasteiger partial charge is 0.456 e.